The van der Waals surface area contributed by atoms with Crippen LogP contribution in [-0.2, 0) is 49.6 Å². The van der Waals surface area contributed by atoms with Crippen LogP contribution < -0.4 is 43.8 Å². The lowest BCUT2D eigenvalue weighted by molar-refractivity contribution is -0.143. The van der Waals surface area contributed by atoms with Gasteiger partial charge in [0.15, 0.2) is 0 Å². The molecule has 0 aliphatic carbocycles. The monoisotopic (exact) mass is 752 g/mol. The van der Waals surface area contributed by atoms with Crippen LogP contribution in [0.5, 0.6) is 5.75 Å². The van der Waals surface area contributed by atoms with Crippen molar-refractivity contribution in [1.29, 1.82) is 0 Å². The lowest BCUT2D eigenvalue weighted by Crippen LogP contribution is -2.60. The van der Waals surface area contributed by atoms with Gasteiger partial charge in [-0.15, -0.1) is 0 Å². The number of aromatic hydroxyl groups is 1. The number of aliphatic carboxylic acids is 2. The molecule has 0 spiro atoms. The average molecular weight is 753 g/mol. The zero-order valence-corrected chi connectivity index (χ0v) is 29.2. The van der Waals surface area contributed by atoms with Crippen molar-refractivity contribution in [2.75, 3.05) is 6.61 Å². The number of nitrogens with one attached hydrogen (secondary N) is 5. The molecular weight excluding hydrogens is 704 g/mol. The minimum absolute atomic E-state index is 0.0398. The predicted molar refractivity (Wildman–Crippen MR) is 183 cm³/mol. The topological polar surface area (TPSA) is 373 Å². The number of carboxylic acids is 2. The van der Waals surface area contributed by atoms with Gasteiger partial charge in [-0.2, -0.15) is 0 Å². The van der Waals surface area contributed by atoms with Gasteiger partial charge in [-0.25, -0.2) is 4.79 Å². The molecule has 1 aromatic carbocycles. The third-order valence-corrected chi connectivity index (χ3v) is 7.50. The highest BCUT2D eigenvalue weighted by Crippen LogP contribution is 2.13. The highest BCUT2D eigenvalue weighted by Gasteiger charge is 2.34. The van der Waals surface area contributed by atoms with Crippen LogP contribution >= 0.6 is 0 Å². The number of hydrogen-bond acceptors (Lipinski definition) is 12. The number of carboxylic acid groups (broad SMARTS) is 2. The lowest BCUT2D eigenvalue weighted by atomic mass is 10.00. The highest BCUT2D eigenvalue weighted by atomic mass is 16.4. The molecule has 0 aliphatic rings. The molecule has 53 heavy (non-hydrogen) atoms. The van der Waals surface area contributed by atoms with Gasteiger partial charge in [-0.3, -0.25) is 38.4 Å². The van der Waals surface area contributed by atoms with Crippen LogP contribution in [0.1, 0.15) is 57.9 Å². The molecule has 0 aliphatic heterocycles. The summed E-state index contributed by atoms with van der Waals surface area (Å²) in [5.74, 6) is -10.1. The second kappa shape index (κ2) is 22.2. The number of aliphatic hydroxyl groups is 1. The first-order valence-corrected chi connectivity index (χ1v) is 16.4. The number of phenolic OH excluding ortho intramolecular Hbond substituents is 1. The molecule has 7 amide bonds. The molecule has 0 aromatic heterocycles. The van der Waals surface area contributed by atoms with Gasteiger partial charge in [0.25, 0.3) is 0 Å². The van der Waals surface area contributed by atoms with Crippen molar-refractivity contribution in [2.45, 2.75) is 95.0 Å². The van der Waals surface area contributed by atoms with Crippen molar-refractivity contribution in [2.24, 2.45) is 23.1 Å². The molecule has 0 unspecified atom stereocenters. The molecule has 21 heteroatoms. The lowest BCUT2D eigenvalue weighted by Gasteiger charge is -2.27. The zero-order valence-electron chi connectivity index (χ0n) is 29.2. The Morgan fingerprint density at radius 1 is 0.642 bits per heavy atom. The second-order valence-electron chi connectivity index (χ2n) is 12.5. The highest BCUT2D eigenvalue weighted by molar-refractivity contribution is 5.97. The molecule has 1 rings (SSSR count). The van der Waals surface area contributed by atoms with E-state index in [1.165, 1.54) is 24.3 Å². The fraction of sp³-hybridized carbons (Fsp3) is 0.531. The number of rotatable bonds is 24. The summed E-state index contributed by atoms with van der Waals surface area (Å²) in [6.45, 7) is 2.41. The molecule has 1 aromatic rings. The van der Waals surface area contributed by atoms with Crippen molar-refractivity contribution in [1.82, 2.24) is 26.6 Å². The molecule has 0 saturated carbocycles. The summed E-state index contributed by atoms with van der Waals surface area (Å²) >= 11 is 0. The van der Waals surface area contributed by atoms with Crippen LogP contribution in [-0.4, -0.2) is 117 Å². The van der Waals surface area contributed by atoms with Gasteiger partial charge < -0.3 is 64.2 Å². The Hall–Kier alpha value is -5.83. The minimum atomic E-state index is -1.76. The number of carbonyl (C=O) groups is 9. The van der Waals surface area contributed by atoms with Gasteiger partial charge in [0, 0.05) is 19.3 Å². The number of phenols is 1. The smallest absolute Gasteiger partial charge is 0.328 e. The summed E-state index contributed by atoms with van der Waals surface area (Å²) in [5.41, 5.74) is 16.6. The van der Waals surface area contributed by atoms with Crippen LogP contribution in [0.15, 0.2) is 24.3 Å². The molecule has 0 bridgehead atoms. The van der Waals surface area contributed by atoms with Crippen LogP contribution in [0.25, 0.3) is 0 Å². The SMILES string of the molecule is CC(C)C[C@H](NC(=O)[C@H](CC(N)=O)NC(=O)[C@@H](N)CCC(=O)O)C(=O)N[C@@H](Cc1ccc(O)cc1)C(=O)N[C@@H](CCC(N)=O)C(=O)N[C@@H](CO)C(=O)O. The number of hydrogen-bond donors (Lipinski definition) is 12. The predicted octanol–water partition coefficient (Wildman–Crippen LogP) is -4.19. The molecule has 21 nitrogen and oxygen atoms in total. The second-order valence-corrected chi connectivity index (χ2v) is 12.5. The van der Waals surface area contributed by atoms with E-state index in [-0.39, 0.29) is 30.9 Å². The number of amides is 7. The maximum Gasteiger partial charge on any atom is 0.328 e. The Morgan fingerprint density at radius 3 is 1.64 bits per heavy atom. The van der Waals surface area contributed by atoms with E-state index in [1.807, 2.05) is 5.32 Å². The third-order valence-electron chi connectivity index (χ3n) is 7.50. The standard InChI is InChI=1S/C32H48N8O13/c1-15(2)11-20(38-31(51)22(13-25(35)44)37-27(47)18(33)7-10-26(45)46)29(49)39-21(12-16-3-5-17(42)6-4-16)30(50)36-19(8-9-24(34)43)28(48)40-23(14-41)32(52)53/h3-6,15,18-23,41-42H,7-14,33H2,1-2H3,(H2,34,43)(H2,35,44)(H,36,50)(H,37,47)(H,38,51)(H,39,49)(H,40,48)(H,45,46)(H,52,53)/t18-,19-,20-,21-,22-,23-/m0/s1. The first-order chi connectivity index (χ1) is 24.7. The van der Waals surface area contributed by atoms with Crippen molar-refractivity contribution in [3.05, 3.63) is 29.8 Å². The first kappa shape index (κ1) is 45.2. The van der Waals surface area contributed by atoms with E-state index < -0.39 is 122 Å². The van der Waals surface area contributed by atoms with Crippen molar-refractivity contribution in [3.63, 3.8) is 0 Å². The summed E-state index contributed by atoms with van der Waals surface area (Å²) in [5, 5.41) is 48.7. The molecule has 0 radical (unpaired) electrons. The Labute approximate surface area is 303 Å². The number of aliphatic hydroxyl groups excluding tert-OH is 1. The van der Waals surface area contributed by atoms with E-state index in [0.29, 0.717) is 5.56 Å². The largest absolute Gasteiger partial charge is 0.508 e. The van der Waals surface area contributed by atoms with Crippen LogP contribution in [0, 0.1) is 5.92 Å². The molecule has 294 valence electrons. The fourth-order valence-corrected chi connectivity index (χ4v) is 4.71. The Bertz CT molecular complexity index is 1490. The molecule has 0 saturated heterocycles. The Morgan fingerprint density at radius 2 is 1.13 bits per heavy atom. The number of nitrogens with two attached hydrogens (primary N) is 3. The quantitative estimate of drug-likeness (QED) is 0.0477. The van der Waals surface area contributed by atoms with Gasteiger partial charge in [-0.05, 0) is 42.9 Å². The molecular formula is C32H48N8O13. The van der Waals surface area contributed by atoms with Gasteiger partial charge >= 0.3 is 11.9 Å². The molecule has 6 atom stereocenters. The van der Waals surface area contributed by atoms with Crippen LogP contribution in [0.2, 0.25) is 0 Å². The van der Waals surface area contributed by atoms with E-state index in [0.717, 1.165) is 0 Å². The summed E-state index contributed by atoms with van der Waals surface area (Å²) in [6.07, 6.45) is -2.60. The van der Waals surface area contributed by atoms with Crippen molar-refractivity contribution >= 4 is 53.3 Å². The maximum atomic E-state index is 13.8. The Balaban J connectivity index is 3.41. The number of carbonyl (C=O) groups excluding carboxylic acids is 7. The summed E-state index contributed by atoms with van der Waals surface area (Å²) in [4.78, 5) is 112. The van der Waals surface area contributed by atoms with Gasteiger partial charge in [0.2, 0.25) is 41.4 Å². The normalized spacial score (nSPS) is 14.3. The number of benzene rings is 1. The third kappa shape index (κ3) is 17.3. The van der Waals surface area contributed by atoms with Crippen LogP contribution in [0.4, 0.5) is 0 Å². The first-order valence-electron chi connectivity index (χ1n) is 16.4. The molecule has 0 heterocycles. The van der Waals surface area contributed by atoms with Gasteiger partial charge in [0.05, 0.1) is 19.1 Å². The fourth-order valence-electron chi connectivity index (χ4n) is 4.71. The average Bonchev–Trinajstić information content (AvgIpc) is 3.06. The summed E-state index contributed by atoms with van der Waals surface area (Å²) in [6, 6.07) is -3.77. The number of primary amides is 2. The van der Waals surface area contributed by atoms with Gasteiger partial charge in [0.1, 0.15) is 36.0 Å². The minimum Gasteiger partial charge on any atom is -0.508 e. The van der Waals surface area contributed by atoms with Gasteiger partial charge in [-0.1, -0.05) is 26.0 Å². The van der Waals surface area contributed by atoms with Crippen LogP contribution in [0.3, 0.4) is 0 Å². The Kier molecular flexibility index (Phi) is 18.9. The molecule has 0 fully saturated rings. The van der Waals surface area contributed by atoms with E-state index in [1.54, 1.807) is 13.8 Å². The van der Waals surface area contributed by atoms with E-state index in [4.69, 9.17) is 22.3 Å². The van der Waals surface area contributed by atoms with Crippen molar-refractivity contribution in [3.8, 4) is 5.75 Å². The summed E-state index contributed by atoms with van der Waals surface area (Å²) < 4.78 is 0. The van der Waals surface area contributed by atoms with E-state index in [2.05, 4.69) is 21.3 Å². The zero-order chi connectivity index (χ0) is 40.4. The van der Waals surface area contributed by atoms with E-state index in [9.17, 15) is 58.5 Å². The molecule has 15 N–H and O–H groups in total. The van der Waals surface area contributed by atoms with Crippen molar-refractivity contribution < 1.29 is 63.6 Å². The maximum absolute atomic E-state index is 13.8. The summed E-state index contributed by atoms with van der Waals surface area (Å²) in [7, 11) is 0. The van der Waals surface area contributed by atoms with E-state index >= 15 is 0 Å².